The zero-order valence-corrected chi connectivity index (χ0v) is 18.2. The van der Waals surface area contributed by atoms with Gasteiger partial charge >= 0.3 is 0 Å². The summed E-state index contributed by atoms with van der Waals surface area (Å²) in [6.07, 6.45) is 9.04. The summed E-state index contributed by atoms with van der Waals surface area (Å²) in [4.78, 5) is 13.8. The van der Waals surface area contributed by atoms with Crippen molar-refractivity contribution in [2.75, 3.05) is 12.4 Å². The van der Waals surface area contributed by atoms with Crippen molar-refractivity contribution in [3.05, 3.63) is 35.9 Å². The van der Waals surface area contributed by atoms with Gasteiger partial charge in [0.05, 0.1) is 5.41 Å². The molecule has 0 aromatic heterocycles. The Balaban J connectivity index is 1.34. The molecule has 1 saturated heterocycles. The maximum atomic E-state index is 13.8. The summed E-state index contributed by atoms with van der Waals surface area (Å²) >= 11 is 6.29. The van der Waals surface area contributed by atoms with Crippen molar-refractivity contribution >= 4 is 17.5 Å². The van der Waals surface area contributed by atoms with Crippen LogP contribution in [-0.4, -0.2) is 30.4 Å². The van der Waals surface area contributed by atoms with E-state index in [1.54, 1.807) is 0 Å². The van der Waals surface area contributed by atoms with Gasteiger partial charge in [-0.2, -0.15) is 0 Å². The maximum Gasteiger partial charge on any atom is 0.226 e. The number of alkyl halides is 1. The molecule has 7 atom stereocenters. The third-order valence-electron chi connectivity index (χ3n) is 10.0. The topological polar surface area (TPSA) is 41.1 Å². The molecular weight excluding hydrogens is 380 g/mol. The number of hydrogen-bond donors (Lipinski definition) is 2. The molecule has 4 saturated carbocycles. The van der Waals surface area contributed by atoms with Gasteiger partial charge in [0.1, 0.15) is 0 Å². The van der Waals surface area contributed by atoms with E-state index in [1.807, 2.05) is 0 Å². The minimum Gasteiger partial charge on any atom is -0.353 e. The number of fused-ring (bicyclic) bond motifs is 1. The average Bonchev–Trinajstić information content (AvgIpc) is 3.17. The first kappa shape index (κ1) is 18.7. The van der Waals surface area contributed by atoms with Gasteiger partial charge in [0.15, 0.2) is 0 Å². The molecule has 1 aromatic rings. The van der Waals surface area contributed by atoms with E-state index in [9.17, 15) is 4.79 Å². The van der Waals surface area contributed by atoms with Crippen LogP contribution >= 0.6 is 11.6 Å². The first-order valence-corrected chi connectivity index (χ1v) is 12.2. The summed E-state index contributed by atoms with van der Waals surface area (Å²) < 4.78 is 0. The highest BCUT2D eigenvalue weighted by Crippen LogP contribution is 2.94. The largest absolute Gasteiger partial charge is 0.353 e. The molecule has 1 heterocycles. The highest BCUT2D eigenvalue weighted by molar-refractivity contribution is 6.17. The summed E-state index contributed by atoms with van der Waals surface area (Å²) in [6.45, 7) is 3.24. The summed E-state index contributed by atoms with van der Waals surface area (Å²) in [5.74, 6) is 1.84. The molecule has 4 aliphatic carbocycles. The van der Waals surface area contributed by atoms with Crippen LogP contribution in [0.4, 0.5) is 0 Å². The second-order valence-electron chi connectivity index (χ2n) is 11.1. The first-order valence-electron chi connectivity index (χ1n) is 11.7. The predicted molar refractivity (Wildman–Crippen MR) is 116 cm³/mol. The zero-order chi connectivity index (χ0) is 19.9. The Morgan fingerprint density at radius 1 is 1.21 bits per heavy atom. The minimum absolute atomic E-state index is 0.154. The Bertz CT molecular complexity index is 844. The van der Waals surface area contributed by atoms with Crippen LogP contribution in [0.2, 0.25) is 0 Å². The Hall–Kier alpha value is -1.06. The molecule has 156 valence electrons. The van der Waals surface area contributed by atoms with Crippen LogP contribution in [0.5, 0.6) is 0 Å². The SMILES string of the molecule is C[C@@H]1C[C@@H](NC(=O)C23CC4C[C@]5(CCCl)C[C@@](c6ccccc6)(C2)C45C3)CCN1. The molecule has 2 bridgehead atoms. The van der Waals surface area contributed by atoms with Gasteiger partial charge in [-0.25, -0.2) is 0 Å². The van der Waals surface area contributed by atoms with Crippen LogP contribution in [0, 0.1) is 22.2 Å². The van der Waals surface area contributed by atoms with Crippen LogP contribution in [-0.2, 0) is 10.2 Å². The van der Waals surface area contributed by atoms with Crippen LogP contribution in [0.15, 0.2) is 30.3 Å². The lowest BCUT2D eigenvalue weighted by atomic mass is 9.23. The fourth-order valence-electron chi connectivity index (χ4n) is 9.31. The van der Waals surface area contributed by atoms with Crippen LogP contribution < -0.4 is 10.6 Å². The van der Waals surface area contributed by atoms with E-state index in [0.29, 0.717) is 34.7 Å². The fraction of sp³-hybridized carbons (Fsp3) is 0.720. The molecule has 1 aliphatic heterocycles. The molecule has 2 N–H and O–H groups in total. The number of halogens is 1. The van der Waals surface area contributed by atoms with Gasteiger partial charge < -0.3 is 10.6 Å². The van der Waals surface area contributed by atoms with E-state index in [-0.39, 0.29) is 10.8 Å². The lowest BCUT2D eigenvalue weighted by molar-refractivity contribution is -0.281. The summed E-state index contributed by atoms with van der Waals surface area (Å²) in [5.41, 5.74) is 2.27. The quantitative estimate of drug-likeness (QED) is 0.704. The summed E-state index contributed by atoms with van der Waals surface area (Å²) in [5, 5.41) is 7.03. The van der Waals surface area contributed by atoms with Crippen molar-refractivity contribution in [2.24, 2.45) is 22.2 Å². The summed E-state index contributed by atoms with van der Waals surface area (Å²) in [6, 6.07) is 12.0. The van der Waals surface area contributed by atoms with E-state index in [1.165, 1.54) is 18.4 Å². The molecule has 0 radical (unpaired) electrons. The van der Waals surface area contributed by atoms with Gasteiger partial charge in [-0.05, 0) is 87.1 Å². The van der Waals surface area contributed by atoms with Gasteiger partial charge in [0.25, 0.3) is 0 Å². The fourth-order valence-corrected chi connectivity index (χ4v) is 9.67. The molecule has 4 heteroatoms. The van der Waals surface area contributed by atoms with Crippen molar-refractivity contribution in [3.63, 3.8) is 0 Å². The molecule has 5 fully saturated rings. The van der Waals surface area contributed by atoms with Crippen LogP contribution in [0.25, 0.3) is 0 Å². The summed E-state index contributed by atoms with van der Waals surface area (Å²) in [7, 11) is 0. The number of rotatable bonds is 5. The number of piperidine rings is 1. The van der Waals surface area contributed by atoms with Gasteiger partial charge in [-0.3, -0.25) is 4.79 Å². The zero-order valence-electron chi connectivity index (χ0n) is 17.5. The van der Waals surface area contributed by atoms with Crippen molar-refractivity contribution in [2.45, 2.75) is 75.8 Å². The van der Waals surface area contributed by atoms with Gasteiger partial charge in [-0.1, -0.05) is 30.3 Å². The number of carbonyl (C=O) groups is 1. The van der Waals surface area contributed by atoms with E-state index >= 15 is 0 Å². The van der Waals surface area contributed by atoms with Gasteiger partial charge in [-0.15, -0.1) is 11.6 Å². The number of hydrogen-bond acceptors (Lipinski definition) is 2. The van der Waals surface area contributed by atoms with Crippen molar-refractivity contribution in [1.29, 1.82) is 0 Å². The number of nitrogens with one attached hydrogen (secondary N) is 2. The molecule has 1 aromatic carbocycles. The molecule has 1 amide bonds. The Kier molecular flexibility index (Phi) is 3.87. The van der Waals surface area contributed by atoms with E-state index in [4.69, 9.17) is 11.6 Å². The Morgan fingerprint density at radius 3 is 2.79 bits per heavy atom. The normalized spacial score (nSPS) is 49.1. The number of carbonyl (C=O) groups excluding carboxylic acids is 1. The first-order chi connectivity index (χ1) is 14.0. The van der Waals surface area contributed by atoms with Crippen LogP contribution in [0.1, 0.15) is 63.9 Å². The molecule has 1 spiro atoms. The molecule has 3 nitrogen and oxygen atoms in total. The third kappa shape index (κ3) is 2.12. The highest BCUT2D eigenvalue weighted by atomic mass is 35.5. The molecule has 5 aliphatic rings. The van der Waals surface area contributed by atoms with E-state index in [2.05, 4.69) is 47.9 Å². The van der Waals surface area contributed by atoms with Gasteiger partial charge in [0, 0.05) is 23.4 Å². The Morgan fingerprint density at radius 2 is 2.03 bits per heavy atom. The minimum atomic E-state index is -0.154. The third-order valence-corrected chi connectivity index (χ3v) is 10.2. The molecule has 29 heavy (non-hydrogen) atoms. The smallest absolute Gasteiger partial charge is 0.226 e. The van der Waals surface area contributed by atoms with Crippen LogP contribution in [0.3, 0.4) is 0 Å². The van der Waals surface area contributed by atoms with Crippen molar-refractivity contribution in [1.82, 2.24) is 10.6 Å². The Labute approximate surface area is 179 Å². The maximum absolute atomic E-state index is 13.8. The average molecular weight is 413 g/mol. The lowest BCUT2D eigenvalue weighted by Gasteiger charge is -2.80. The van der Waals surface area contributed by atoms with Gasteiger partial charge in [0.2, 0.25) is 5.91 Å². The van der Waals surface area contributed by atoms with E-state index < -0.39 is 0 Å². The molecule has 3 unspecified atom stereocenters. The van der Waals surface area contributed by atoms with E-state index in [0.717, 1.165) is 50.9 Å². The number of amides is 1. The molecular formula is C25H33ClN2O. The highest BCUT2D eigenvalue weighted by Gasteiger charge is 2.90. The monoisotopic (exact) mass is 412 g/mol. The van der Waals surface area contributed by atoms with Crippen molar-refractivity contribution < 1.29 is 4.79 Å². The number of benzene rings is 1. The standard InChI is InChI=1S/C25H33ClN2O/c1-17-11-20(7-10-27-17)28-21(29)22-12-19-13-23(8-9-26)16-24(14-22,25(19,23)15-22)18-5-3-2-4-6-18/h2-6,17,19-20,27H,7-16H2,1H3,(H,28,29)/t17-,19?,20+,22?,23-,24-,25?/m1/s1. The second kappa shape index (κ2) is 6.01. The van der Waals surface area contributed by atoms with Crippen molar-refractivity contribution in [3.8, 4) is 0 Å². The molecule has 6 rings (SSSR count). The predicted octanol–water partition coefficient (Wildman–Crippen LogP) is 4.39. The second-order valence-corrected chi connectivity index (χ2v) is 11.5. The lowest BCUT2D eigenvalue weighted by Crippen LogP contribution is -2.76.